The highest BCUT2D eigenvalue weighted by molar-refractivity contribution is 6.31. The SMILES string of the molecule is COc1ccc(C(N)c2cccc(C)c2F)c(Cl)c1. The third-order valence-corrected chi connectivity index (χ3v) is 3.43. The van der Waals surface area contributed by atoms with Crippen LogP contribution in [0.5, 0.6) is 5.75 Å². The van der Waals surface area contributed by atoms with Gasteiger partial charge in [0.05, 0.1) is 13.2 Å². The minimum atomic E-state index is -0.599. The molecule has 0 saturated carbocycles. The highest BCUT2D eigenvalue weighted by atomic mass is 35.5. The number of ether oxygens (including phenoxy) is 1. The fourth-order valence-electron chi connectivity index (χ4n) is 1.96. The van der Waals surface area contributed by atoms with Gasteiger partial charge < -0.3 is 10.5 Å². The van der Waals surface area contributed by atoms with E-state index in [1.54, 1.807) is 50.4 Å². The minimum Gasteiger partial charge on any atom is -0.497 e. The van der Waals surface area contributed by atoms with Crippen LogP contribution in [0.1, 0.15) is 22.7 Å². The summed E-state index contributed by atoms with van der Waals surface area (Å²) in [6.45, 7) is 1.71. The van der Waals surface area contributed by atoms with Crippen LogP contribution in [0.15, 0.2) is 36.4 Å². The van der Waals surface area contributed by atoms with Crippen LogP contribution in [-0.2, 0) is 0 Å². The summed E-state index contributed by atoms with van der Waals surface area (Å²) >= 11 is 6.16. The van der Waals surface area contributed by atoms with E-state index < -0.39 is 6.04 Å². The van der Waals surface area contributed by atoms with E-state index in [0.717, 1.165) is 0 Å². The van der Waals surface area contributed by atoms with Gasteiger partial charge in [-0.3, -0.25) is 0 Å². The van der Waals surface area contributed by atoms with Crippen molar-refractivity contribution in [2.75, 3.05) is 7.11 Å². The van der Waals surface area contributed by atoms with Gasteiger partial charge in [-0.1, -0.05) is 35.9 Å². The lowest BCUT2D eigenvalue weighted by molar-refractivity contribution is 0.414. The maximum atomic E-state index is 14.1. The molecule has 0 spiro atoms. The van der Waals surface area contributed by atoms with Crippen LogP contribution in [-0.4, -0.2) is 7.11 Å². The average Bonchev–Trinajstić information content (AvgIpc) is 2.41. The highest BCUT2D eigenvalue weighted by Gasteiger charge is 2.17. The van der Waals surface area contributed by atoms with E-state index in [9.17, 15) is 4.39 Å². The maximum absolute atomic E-state index is 14.1. The van der Waals surface area contributed by atoms with E-state index in [0.29, 0.717) is 27.5 Å². The number of benzene rings is 2. The van der Waals surface area contributed by atoms with Crippen molar-refractivity contribution in [1.29, 1.82) is 0 Å². The first kappa shape index (κ1) is 13.8. The van der Waals surface area contributed by atoms with Crippen LogP contribution in [0.4, 0.5) is 4.39 Å². The van der Waals surface area contributed by atoms with Gasteiger partial charge in [0.15, 0.2) is 0 Å². The molecule has 0 aliphatic carbocycles. The summed E-state index contributed by atoms with van der Waals surface area (Å²) < 4.78 is 19.1. The first-order valence-corrected chi connectivity index (χ1v) is 6.26. The molecule has 0 amide bonds. The summed E-state index contributed by atoms with van der Waals surface area (Å²) in [6, 6.07) is 9.75. The predicted molar refractivity (Wildman–Crippen MR) is 75.2 cm³/mol. The number of rotatable bonds is 3. The standard InChI is InChI=1S/C15H15ClFNO/c1-9-4-3-5-12(14(9)17)15(18)11-7-6-10(19-2)8-13(11)16/h3-8,15H,18H2,1-2H3. The molecule has 1 unspecified atom stereocenters. The van der Waals surface area contributed by atoms with Gasteiger partial charge in [0.25, 0.3) is 0 Å². The third kappa shape index (κ3) is 2.72. The molecular weight excluding hydrogens is 265 g/mol. The van der Waals surface area contributed by atoms with Crippen LogP contribution in [0.3, 0.4) is 0 Å². The number of halogens is 2. The molecule has 2 aromatic carbocycles. The Hall–Kier alpha value is -1.58. The third-order valence-electron chi connectivity index (χ3n) is 3.10. The van der Waals surface area contributed by atoms with Gasteiger partial charge in [0.2, 0.25) is 0 Å². The van der Waals surface area contributed by atoms with Gasteiger partial charge in [-0.2, -0.15) is 0 Å². The second-order valence-corrected chi connectivity index (χ2v) is 4.75. The Kier molecular flexibility index (Phi) is 4.08. The Morgan fingerprint density at radius 2 is 1.95 bits per heavy atom. The van der Waals surface area contributed by atoms with E-state index in [2.05, 4.69) is 0 Å². The van der Waals surface area contributed by atoms with Gasteiger partial charge in [-0.15, -0.1) is 0 Å². The number of nitrogens with two attached hydrogens (primary N) is 1. The molecule has 0 heterocycles. The maximum Gasteiger partial charge on any atom is 0.131 e. The van der Waals surface area contributed by atoms with Crippen molar-refractivity contribution in [2.24, 2.45) is 5.73 Å². The smallest absolute Gasteiger partial charge is 0.131 e. The first-order valence-electron chi connectivity index (χ1n) is 5.88. The van der Waals surface area contributed by atoms with Crippen molar-refractivity contribution in [3.8, 4) is 5.75 Å². The summed E-state index contributed by atoms with van der Waals surface area (Å²) in [6.07, 6.45) is 0. The second kappa shape index (κ2) is 5.59. The van der Waals surface area contributed by atoms with Gasteiger partial charge in [0.1, 0.15) is 11.6 Å². The molecule has 0 aliphatic heterocycles. The predicted octanol–water partition coefficient (Wildman–Crippen LogP) is 3.84. The molecule has 2 aromatic rings. The fourth-order valence-corrected chi connectivity index (χ4v) is 2.25. The molecule has 2 rings (SSSR count). The van der Waals surface area contributed by atoms with Gasteiger partial charge in [0, 0.05) is 10.6 Å². The zero-order valence-corrected chi connectivity index (χ0v) is 11.5. The van der Waals surface area contributed by atoms with E-state index >= 15 is 0 Å². The summed E-state index contributed by atoms with van der Waals surface area (Å²) in [5, 5.41) is 0.466. The summed E-state index contributed by atoms with van der Waals surface area (Å²) in [5.41, 5.74) is 7.79. The summed E-state index contributed by atoms with van der Waals surface area (Å²) in [5.74, 6) is 0.354. The van der Waals surface area contributed by atoms with Crippen molar-refractivity contribution in [3.05, 3.63) is 63.9 Å². The van der Waals surface area contributed by atoms with Crippen molar-refractivity contribution in [1.82, 2.24) is 0 Å². The zero-order chi connectivity index (χ0) is 14.0. The topological polar surface area (TPSA) is 35.2 Å². The molecule has 19 heavy (non-hydrogen) atoms. The molecule has 100 valence electrons. The van der Waals surface area contributed by atoms with Crippen molar-refractivity contribution in [2.45, 2.75) is 13.0 Å². The lowest BCUT2D eigenvalue weighted by atomic mass is 9.97. The van der Waals surface area contributed by atoms with E-state index in [1.807, 2.05) is 0 Å². The van der Waals surface area contributed by atoms with Crippen molar-refractivity contribution < 1.29 is 9.13 Å². The average molecular weight is 280 g/mol. The van der Waals surface area contributed by atoms with Crippen LogP contribution < -0.4 is 10.5 Å². The zero-order valence-electron chi connectivity index (χ0n) is 10.8. The van der Waals surface area contributed by atoms with Gasteiger partial charge >= 0.3 is 0 Å². The van der Waals surface area contributed by atoms with E-state index in [1.165, 1.54) is 0 Å². The number of aryl methyl sites for hydroxylation is 1. The number of methoxy groups -OCH3 is 1. The van der Waals surface area contributed by atoms with E-state index in [4.69, 9.17) is 22.1 Å². The molecule has 0 aromatic heterocycles. The Morgan fingerprint density at radius 1 is 1.21 bits per heavy atom. The molecule has 1 atom stereocenters. The van der Waals surface area contributed by atoms with Crippen molar-refractivity contribution in [3.63, 3.8) is 0 Å². The monoisotopic (exact) mass is 279 g/mol. The molecule has 0 radical (unpaired) electrons. The summed E-state index contributed by atoms with van der Waals surface area (Å²) in [7, 11) is 1.56. The Morgan fingerprint density at radius 3 is 2.58 bits per heavy atom. The number of hydrogen-bond acceptors (Lipinski definition) is 2. The van der Waals surface area contributed by atoms with Crippen molar-refractivity contribution >= 4 is 11.6 Å². The lowest BCUT2D eigenvalue weighted by Gasteiger charge is -2.16. The van der Waals surface area contributed by atoms with Gasteiger partial charge in [-0.25, -0.2) is 4.39 Å². The Bertz CT molecular complexity index is 601. The quantitative estimate of drug-likeness (QED) is 0.926. The molecule has 0 aliphatic rings. The second-order valence-electron chi connectivity index (χ2n) is 4.34. The molecule has 2 N–H and O–H groups in total. The minimum absolute atomic E-state index is 0.290. The summed E-state index contributed by atoms with van der Waals surface area (Å²) in [4.78, 5) is 0. The normalized spacial score (nSPS) is 12.3. The fraction of sp³-hybridized carbons (Fsp3) is 0.200. The van der Waals surface area contributed by atoms with Crippen LogP contribution in [0, 0.1) is 12.7 Å². The highest BCUT2D eigenvalue weighted by Crippen LogP contribution is 2.31. The van der Waals surface area contributed by atoms with Crippen LogP contribution in [0.2, 0.25) is 5.02 Å². The van der Waals surface area contributed by atoms with Gasteiger partial charge in [-0.05, 0) is 30.2 Å². The Labute approximate surface area is 117 Å². The largest absolute Gasteiger partial charge is 0.497 e. The van der Waals surface area contributed by atoms with E-state index in [-0.39, 0.29) is 5.82 Å². The number of hydrogen-bond donors (Lipinski definition) is 1. The first-order chi connectivity index (χ1) is 9.04. The molecule has 4 heteroatoms. The Balaban J connectivity index is 2.44. The molecule has 0 saturated heterocycles. The lowest BCUT2D eigenvalue weighted by Crippen LogP contribution is -2.14. The van der Waals surface area contributed by atoms with Crippen LogP contribution >= 0.6 is 11.6 Å². The molecule has 2 nitrogen and oxygen atoms in total. The molecular formula is C15H15ClFNO. The van der Waals surface area contributed by atoms with Crippen LogP contribution in [0.25, 0.3) is 0 Å². The molecule has 0 fully saturated rings. The molecule has 0 bridgehead atoms.